The fourth-order valence-electron chi connectivity index (χ4n) is 1.46. The zero-order valence-electron chi connectivity index (χ0n) is 10.5. The van der Waals surface area contributed by atoms with E-state index in [1.54, 1.807) is 13.0 Å². The van der Waals surface area contributed by atoms with Gasteiger partial charge in [0.1, 0.15) is 12.2 Å². The maximum atomic E-state index is 9.89. The van der Waals surface area contributed by atoms with Crippen LogP contribution < -0.4 is 0 Å². The second-order valence-corrected chi connectivity index (χ2v) is 6.85. The summed E-state index contributed by atoms with van der Waals surface area (Å²) in [4.78, 5) is 0. The Balaban J connectivity index is 2.67. The van der Waals surface area contributed by atoms with Gasteiger partial charge in [-0.15, -0.1) is 0 Å². The third kappa shape index (κ3) is 6.34. The minimum absolute atomic E-state index is 0.610. The molecule has 2 atom stereocenters. The van der Waals surface area contributed by atoms with E-state index in [2.05, 4.69) is 31.9 Å². The second kappa shape index (κ2) is 8.48. The van der Waals surface area contributed by atoms with Crippen LogP contribution in [0.1, 0.15) is 12.5 Å². The average molecular weight is 388 g/mol. The predicted octanol–water partition coefficient (Wildman–Crippen LogP) is 4.00. The molecule has 1 rings (SSSR count). The number of benzene rings is 1. The van der Waals surface area contributed by atoms with Crippen LogP contribution in [-0.2, 0) is 0 Å². The zero-order valence-corrected chi connectivity index (χ0v) is 13.7. The van der Waals surface area contributed by atoms with Gasteiger partial charge in [0.15, 0.2) is 0 Å². The van der Waals surface area contributed by atoms with Crippen molar-refractivity contribution in [3.05, 3.63) is 63.1 Å². The smallest absolute Gasteiger partial charge is 0.105 e. The lowest BCUT2D eigenvalue weighted by atomic mass is 10.1. The molecule has 102 valence electrons. The number of halogens is 2. The summed E-state index contributed by atoms with van der Waals surface area (Å²) in [5.74, 6) is 0. The molecule has 0 aliphatic rings. The number of hydrogen-bond acceptors (Lipinski definition) is 2. The number of allylic oxidation sites excluding steroid dienone is 2. The maximum absolute atomic E-state index is 9.89. The minimum atomic E-state index is -0.949. The van der Waals surface area contributed by atoms with E-state index in [0.717, 1.165) is 5.56 Å². The van der Waals surface area contributed by atoms with E-state index in [1.165, 1.54) is 6.08 Å². The van der Waals surface area contributed by atoms with Crippen LogP contribution >= 0.6 is 31.9 Å². The van der Waals surface area contributed by atoms with Gasteiger partial charge >= 0.3 is 0 Å². The normalized spacial score (nSPS) is 15.3. The van der Waals surface area contributed by atoms with Crippen LogP contribution in [0.5, 0.6) is 0 Å². The molecule has 0 bridgehead atoms. The van der Waals surface area contributed by atoms with Gasteiger partial charge in [-0.3, -0.25) is 0 Å². The Morgan fingerprint density at radius 2 is 1.79 bits per heavy atom. The predicted molar refractivity (Wildman–Crippen MR) is 87.2 cm³/mol. The number of hydrogen-bond donors (Lipinski definition) is 2. The monoisotopic (exact) mass is 386 g/mol. The Kier molecular flexibility index (Phi) is 7.31. The molecule has 2 nitrogen and oxygen atoms in total. The van der Waals surface area contributed by atoms with E-state index >= 15 is 0 Å². The van der Waals surface area contributed by atoms with Crippen LogP contribution in [0.2, 0.25) is 0 Å². The van der Waals surface area contributed by atoms with E-state index < -0.39 is 12.2 Å². The molecule has 0 aliphatic heterocycles. The van der Waals surface area contributed by atoms with Gasteiger partial charge in [-0.1, -0.05) is 48.6 Å². The third-order valence-electron chi connectivity index (χ3n) is 2.53. The molecule has 2 N–H and O–H groups in total. The largest absolute Gasteiger partial charge is 0.386 e. The zero-order chi connectivity index (χ0) is 14.3. The average Bonchev–Trinajstić information content (AvgIpc) is 2.38. The summed E-state index contributed by atoms with van der Waals surface area (Å²) in [5, 5.41) is 19.6. The molecule has 1 aromatic rings. The molecule has 4 heteroatoms. The van der Waals surface area contributed by atoms with Gasteiger partial charge in [0.05, 0.1) is 3.39 Å². The van der Waals surface area contributed by atoms with Crippen molar-refractivity contribution >= 4 is 37.9 Å². The first kappa shape index (κ1) is 16.4. The van der Waals surface area contributed by atoms with Gasteiger partial charge in [-0.2, -0.15) is 0 Å². The highest BCUT2D eigenvalue weighted by molar-refractivity contribution is 9.28. The summed E-state index contributed by atoms with van der Waals surface area (Å²) < 4.78 is 0.610. The molecule has 0 amide bonds. The van der Waals surface area contributed by atoms with Crippen molar-refractivity contribution in [2.24, 2.45) is 0 Å². The van der Waals surface area contributed by atoms with Gasteiger partial charge in [0.25, 0.3) is 0 Å². The summed E-state index contributed by atoms with van der Waals surface area (Å²) >= 11 is 6.30. The quantitative estimate of drug-likeness (QED) is 0.749. The Bertz CT molecular complexity index is 474. The van der Waals surface area contributed by atoms with Crippen molar-refractivity contribution in [2.75, 3.05) is 0 Å². The van der Waals surface area contributed by atoms with Crippen LogP contribution in [0.25, 0.3) is 6.08 Å². The third-order valence-corrected chi connectivity index (χ3v) is 3.06. The first-order valence-electron chi connectivity index (χ1n) is 5.79. The summed E-state index contributed by atoms with van der Waals surface area (Å²) in [7, 11) is 0. The van der Waals surface area contributed by atoms with Gasteiger partial charge in [-0.05, 0) is 56.0 Å². The first-order chi connectivity index (χ1) is 9.00. The minimum Gasteiger partial charge on any atom is -0.386 e. The Hall–Kier alpha value is -0.680. The Labute approximate surface area is 130 Å². The molecular formula is C15H16Br2O2. The van der Waals surface area contributed by atoms with E-state index in [-0.39, 0.29) is 0 Å². The van der Waals surface area contributed by atoms with E-state index in [9.17, 15) is 10.2 Å². The second-order valence-electron chi connectivity index (χ2n) is 4.07. The summed E-state index contributed by atoms with van der Waals surface area (Å²) in [6.07, 6.45) is 5.20. The number of aliphatic hydroxyl groups is 2. The van der Waals surface area contributed by atoms with Gasteiger partial charge in [0.2, 0.25) is 0 Å². The molecule has 1 aromatic carbocycles. The van der Waals surface area contributed by atoms with E-state index in [1.807, 2.05) is 42.5 Å². The van der Waals surface area contributed by atoms with Crippen LogP contribution in [0.3, 0.4) is 0 Å². The molecule has 19 heavy (non-hydrogen) atoms. The molecule has 0 saturated heterocycles. The van der Waals surface area contributed by atoms with E-state index in [4.69, 9.17) is 0 Å². The van der Waals surface area contributed by atoms with Crippen molar-refractivity contribution in [1.82, 2.24) is 0 Å². The molecule has 0 heterocycles. The topological polar surface area (TPSA) is 40.5 Å². The number of rotatable bonds is 5. The van der Waals surface area contributed by atoms with E-state index in [0.29, 0.717) is 8.96 Å². The van der Waals surface area contributed by atoms with Crippen molar-refractivity contribution in [1.29, 1.82) is 0 Å². The lowest BCUT2D eigenvalue weighted by Crippen LogP contribution is -2.24. The van der Waals surface area contributed by atoms with Gasteiger partial charge in [-0.25, -0.2) is 0 Å². The molecule has 0 unspecified atom stereocenters. The van der Waals surface area contributed by atoms with Crippen molar-refractivity contribution in [3.8, 4) is 0 Å². The molecular weight excluding hydrogens is 372 g/mol. The van der Waals surface area contributed by atoms with Crippen LogP contribution in [0.4, 0.5) is 0 Å². The fourth-order valence-corrected chi connectivity index (χ4v) is 2.00. The Morgan fingerprint density at radius 3 is 2.37 bits per heavy atom. The number of aliphatic hydroxyl groups excluding tert-OH is 2. The highest BCUT2D eigenvalue weighted by atomic mass is 79.9. The lowest BCUT2D eigenvalue weighted by molar-refractivity contribution is 0.0733. The fraction of sp³-hybridized carbons (Fsp3) is 0.200. The SMILES string of the molecule is C/C(=C\C=C\c1ccccc1)[C@@H](O)[C@H](O)C=C(Br)Br. The van der Waals surface area contributed by atoms with Crippen molar-refractivity contribution in [2.45, 2.75) is 19.1 Å². The summed E-state index contributed by atoms with van der Waals surface area (Å²) in [6, 6.07) is 9.88. The van der Waals surface area contributed by atoms with Crippen molar-refractivity contribution in [3.63, 3.8) is 0 Å². The lowest BCUT2D eigenvalue weighted by Gasteiger charge is -2.14. The maximum Gasteiger partial charge on any atom is 0.105 e. The molecule has 0 radical (unpaired) electrons. The molecule has 0 fully saturated rings. The van der Waals surface area contributed by atoms with Crippen LogP contribution in [0, 0.1) is 0 Å². The van der Waals surface area contributed by atoms with Crippen molar-refractivity contribution < 1.29 is 10.2 Å². The molecule has 0 aliphatic carbocycles. The summed E-state index contributed by atoms with van der Waals surface area (Å²) in [5.41, 5.74) is 1.78. The summed E-state index contributed by atoms with van der Waals surface area (Å²) in [6.45, 7) is 1.78. The Morgan fingerprint density at radius 1 is 1.16 bits per heavy atom. The van der Waals surface area contributed by atoms with Crippen LogP contribution in [0.15, 0.2) is 57.5 Å². The van der Waals surface area contributed by atoms with Gasteiger partial charge in [0, 0.05) is 0 Å². The molecule has 0 spiro atoms. The molecule has 0 aromatic heterocycles. The highest BCUT2D eigenvalue weighted by Gasteiger charge is 2.15. The van der Waals surface area contributed by atoms with Gasteiger partial charge < -0.3 is 10.2 Å². The highest BCUT2D eigenvalue weighted by Crippen LogP contribution is 2.17. The van der Waals surface area contributed by atoms with Crippen LogP contribution in [-0.4, -0.2) is 22.4 Å². The molecule has 0 saturated carbocycles. The standard InChI is InChI=1S/C15H16Br2O2/c1-11(15(19)13(18)10-14(16)17)6-5-9-12-7-3-2-4-8-12/h2-10,13,15,18-19H,1H3/b9-5+,11-6+/t13-,15-/m1/s1. The first-order valence-corrected chi connectivity index (χ1v) is 7.38.